The van der Waals surface area contributed by atoms with E-state index in [2.05, 4.69) is 5.32 Å². The van der Waals surface area contributed by atoms with Crippen LogP contribution in [-0.4, -0.2) is 35.0 Å². The SMILES string of the molecule is CCC(=O)NCCN1C(=O)SC(=Cc2ccc(C)cc2)C1=O. The minimum absolute atomic E-state index is 0.0952. The molecule has 0 aliphatic carbocycles. The summed E-state index contributed by atoms with van der Waals surface area (Å²) >= 11 is 0.931. The lowest BCUT2D eigenvalue weighted by Crippen LogP contribution is -2.37. The monoisotopic (exact) mass is 318 g/mol. The Balaban J connectivity index is 2.02. The van der Waals surface area contributed by atoms with Crippen molar-refractivity contribution >= 4 is 34.9 Å². The molecule has 0 unspecified atom stereocenters. The fourth-order valence-corrected chi connectivity index (χ4v) is 2.80. The second-order valence-electron chi connectivity index (χ2n) is 4.95. The molecule has 1 aliphatic rings. The van der Waals surface area contributed by atoms with E-state index < -0.39 is 0 Å². The maximum absolute atomic E-state index is 12.2. The van der Waals surface area contributed by atoms with Gasteiger partial charge in [0, 0.05) is 19.5 Å². The number of aryl methyl sites for hydroxylation is 1. The lowest BCUT2D eigenvalue weighted by Gasteiger charge is -2.12. The molecule has 0 saturated carbocycles. The highest BCUT2D eigenvalue weighted by Gasteiger charge is 2.34. The van der Waals surface area contributed by atoms with Gasteiger partial charge in [0.15, 0.2) is 0 Å². The lowest BCUT2D eigenvalue weighted by atomic mass is 10.1. The van der Waals surface area contributed by atoms with Gasteiger partial charge in [0.1, 0.15) is 0 Å². The molecule has 1 aromatic rings. The Kier molecular flexibility index (Phi) is 5.38. The fourth-order valence-electron chi connectivity index (χ4n) is 1.94. The van der Waals surface area contributed by atoms with Crippen molar-refractivity contribution in [2.75, 3.05) is 13.1 Å². The molecule has 0 spiro atoms. The van der Waals surface area contributed by atoms with Crippen molar-refractivity contribution in [3.05, 3.63) is 40.3 Å². The quantitative estimate of drug-likeness (QED) is 0.847. The number of rotatable bonds is 5. The van der Waals surface area contributed by atoms with Crippen molar-refractivity contribution in [3.63, 3.8) is 0 Å². The van der Waals surface area contributed by atoms with Crippen LogP contribution >= 0.6 is 11.8 Å². The van der Waals surface area contributed by atoms with Crippen LogP contribution < -0.4 is 5.32 Å². The summed E-state index contributed by atoms with van der Waals surface area (Å²) in [5.41, 5.74) is 2.02. The van der Waals surface area contributed by atoms with E-state index in [9.17, 15) is 14.4 Å². The van der Waals surface area contributed by atoms with Gasteiger partial charge in [-0.1, -0.05) is 36.8 Å². The molecule has 5 nitrogen and oxygen atoms in total. The molecule has 0 radical (unpaired) electrons. The van der Waals surface area contributed by atoms with E-state index in [1.807, 2.05) is 31.2 Å². The molecular weight excluding hydrogens is 300 g/mol. The van der Waals surface area contributed by atoms with Crippen LogP contribution in [0, 0.1) is 6.92 Å². The highest BCUT2D eigenvalue weighted by atomic mass is 32.2. The predicted octanol–water partition coefficient (Wildman–Crippen LogP) is 2.56. The van der Waals surface area contributed by atoms with Crippen molar-refractivity contribution in [3.8, 4) is 0 Å². The van der Waals surface area contributed by atoms with Crippen molar-refractivity contribution in [1.82, 2.24) is 10.2 Å². The number of thioether (sulfide) groups is 1. The molecule has 1 aromatic carbocycles. The number of nitrogens with zero attached hydrogens (tertiary/aromatic N) is 1. The average molecular weight is 318 g/mol. The maximum atomic E-state index is 12.2. The van der Waals surface area contributed by atoms with E-state index in [0.29, 0.717) is 11.3 Å². The van der Waals surface area contributed by atoms with E-state index in [4.69, 9.17) is 0 Å². The zero-order chi connectivity index (χ0) is 16.1. The molecule has 1 fully saturated rings. The molecule has 2 rings (SSSR count). The summed E-state index contributed by atoms with van der Waals surface area (Å²) in [6.07, 6.45) is 2.10. The van der Waals surface area contributed by atoms with Crippen molar-refractivity contribution < 1.29 is 14.4 Å². The van der Waals surface area contributed by atoms with Gasteiger partial charge in [0.05, 0.1) is 4.91 Å². The molecule has 1 heterocycles. The van der Waals surface area contributed by atoms with Gasteiger partial charge in [0.2, 0.25) is 5.91 Å². The number of benzene rings is 1. The zero-order valence-electron chi connectivity index (χ0n) is 12.6. The summed E-state index contributed by atoms with van der Waals surface area (Å²) in [4.78, 5) is 36.9. The molecule has 1 saturated heterocycles. The Hall–Kier alpha value is -2.08. The Bertz CT molecular complexity index is 623. The molecule has 1 aliphatic heterocycles. The Morgan fingerprint density at radius 2 is 1.95 bits per heavy atom. The first kappa shape index (κ1) is 16.3. The molecule has 0 bridgehead atoms. The molecule has 116 valence electrons. The minimum atomic E-state index is -0.304. The van der Waals surface area contributed by atoms with Gasteiger partial charge >= 0.3 is 0 Å². The van der Waals surface area contributed by atoms with Gasteiger partial charge in [-0.3, -0.25) is 19.3 Å². The Morgan fingerprint density at radius 1 is 1.27 bits per heavy atom. The lowest BCUT2D eigenvalue weighted by molar-refractivity contribution is -0.124. The number of hydrogen-bond donors (Lipinski definition) is 1. The Morgan fingerprint density at radius 3 is 2.59 bits per heavy atom. The number of carbonyl (C=O) groups excluding carboxylic acids is 3. The zero-order valence-corrected chi connectivity index (χ0v) is 13.4. The topological polar surface area (TPSA) is 66.5 Å². The maximum Gasteiger partial charge on any atom is 0.293 e. The smallest absolute Gasteiger partial charge is 0.293 e. The summed E-state index contributed by atoms with van der Waals surface area (Å²) in [5.74, 6) is -0.400. The number of imide groups is 1. The van der Waals surface area contributed by atoms with E-state index >= 15 is 0 Å². The van der Waals surface area contributed by atoms with E-state index in [1.165, 1.54) is 4.90 Å². The van der Waals surface area contributed by atoms with Crippen molar-refractivity contribution in [2.45, 2.75) is 20.3 Å². The summed E-state index contributed by atoms with van der Waals surface area (Å²) in [6, 6.07) is 7.72. The highest BCUT2D eigenvalue weighted by molar-refractivity contribution is 8.18. The van der Waals surface area contributed by atoms with Crippen LogP contribution in [0.2, 0.25) is 0 Å². The van der Waals surface area contributed by atoms with Gasteiger partial charge in [-0.2, -0.15) is 0 Å². The number of nitrogens with one attached hydrogen (secondary N) is 1. The molecule has 3 amide bonds. The third kappa shape index (κ3) is 3.98. The molecule has 6 heteroatoms. The van der Waals surface area contributed by atoms with Crippen LogP contribution in [0.25, 0.3) is 6.08 Å². The molecule has 0 aromatic heterocycles. The first-order chi connectivity index (χ1) is 10.5. The first-order valence-electron chi connectivity index (χ1n) is 7.10. The van der Waals surface area contributed by atoms with Crippen LogP contribution in [0.3, 0.4) is 0 Å². The standard InChI is InChI=1S/C16H18N2O3S/c1-3-14(19)17-8-9-18-15(20)13(22-16(18)21)10-12-6-4-11(2)5-7-12/h4-7,10H,3,8-9H2,1-2H3,(H,17,19). The summed E-state index contributed by atoms with van der Waals surface area (Å²) < 4.78 is 0. The summed E-state index contributed by atoms with van der Waals surface area (Å²) in [5, 5.41) is 2.36. The molecular formula is C16H18N2O3S. The van der Waals surface area contributed by atoms with Crippen LogP contribution in [-0.2, 0) is 9.59 Å². The summed E-state index contributed by atoms with van der Waals surface area (Å²) in [6.45, 7) is 4.21. The minimum Gasteiger partial charge on any atom is -0.354 e. The molecule has 1 N–H and O–H groups in total. The van der Waals surface area contributed by atoms with E-state index in [0.717, 1.165) is 22.9 Å². The number of hydrogen-bond acceptors (Lipinski definition) is 4. The largest absolute Gasteiger partial charge is 0.354 e. The molecule has 22 heavy (non-hydrogen) atoms. The van der Waals surface area contributed by atoms with E-state index in [1.54, 1.807) is 13.0 Å². The van der Waals surface area contributed by atoms with Crippen LogP contribution in [0.5, 0.6) is 0 Å². The second kappa shape index (κ2) is 7.26. The average Bonchev–Trinajstić information content (AvgIpc) is 2.76. The normalized spacial score (nSPS) is 16.5. The van der Waals surface area contributed by atoms with Gasteiger partial charge in [0.25, 0.3) is 11.1 Å². The van der Waals surface area contributed by atoms with Crippen LogP contribution in [0.4, 0.5) is 4.79 Å². The van der Waals surface area contributed by atoms with Crippen LogP contribution in [0.15, 0.2) is 29.2 Å². The van der Waals surface area contributed by atoms with E-state index in [-0.39, 0.29) is 30.1 Å². The molecule has 0 atom stereocenters. The highest BCUT2D eigenvalue weighted by Crippen LogP contribution is 2.31. The number of amides is 3. The van der Waals surface area contributed by atoms with Gasteiger partial charge < -0.3 is 5.32 Å². The van der Waals surface area contributed by atoms with Gasteiger partial charge in [-0.25, -0.2) is 0 Å². The number of carbonyl (C=O) groups is 3. The van der Waals surface area contributed by atoms with Gasteiger partial charge in [-0.05, 0) is 30.3 Å². The predicted molar refractivity (Wildman–Crippen MR) is 87.2 cm³/mol. The fraction of sp³-hybridized carbons (Fsp3) is 0.312. The second-order valence-corrected chi connectivity index (χ2v) is 5.94. The van der Waals surface area contributed by atoms with Crippen LogP contribution in [0.1, 0.15) is 24.5 Å². The van der Waals surface area contributed by atoms with Gasteiger partial charge in [-0.15, -0.1) is 0 Å². The van der Waals surface area contributed by atoms with Crippen molar-refractivity contribution in [2.24, 2.45) is 0 Å². The third-order valence-electron chi connectivity index (χ3n) is 3.23. The van der Waals surface area contributed by atoms with Crippen molar-refractivity contribution in [1.29, 1.82) is 0 Å². The summed E-state index contributed by atoms with van der Waals surface area (Å²) in [7, 11) is 0. The first-order valence-corrected chi connectivity index (χ1v) is 7.91. The third-order valence-corrected chi connectivity index (χ3v) is 4.13. The Labute approximate surface area is 133 Å².